The van der Waals surface area contributed by atoms with E-state index in [9.17, 15) is 24.6 Å². The molecule has 0 bridgehead atoms. The molecule has 1 amide bonds. The highest BCUT2D eigenvalue weighted by Crippen LogP contribution is 2.20. The Morgan fingerprint density at radius 2 is 1.50 bits per heavy atom. The van der Waals surface area contributed by atoms with Crippen molar-refractivity contribution in [1.82, 2.24) is 14.9 Å². The van der Waals surface area contributed by atoms with Crippen molar-refractivity contribution in [1.29, 1.82) is 0 Å². The first-order valence-electron chi connectivity index (χ1n) is 11.0. The van der Waals surface area contributed by atoms with Crippen LogP contribution in [0.5, 0.6) is 0 Å². The van der Waals surface area contributed by atoms with Crippen molar-refractivity contribution in [2.24, 2.45) is 0 Å². The van der Waals surface area contributed by atoms with E-state index in [0.29, 0.717) is 22.2 Å². The highest BCUT2D eigenvalue weighted by molar-refractivity contribution is 5.98. The van der Waals surface area contributed by atoms with Crippen LogP contribution >= 0.6 is 0 Å². The van der Waals surface area contributed by atoms with E-state index in [0.717, 1.165) is 16.0 Å². The average molecular weight is 479 g/mol. The number of carbonyl (C=O) groups is 3. The van der Waals surface area contributed by atoms with Crippen molar-refractivity contribution >= 4 is 28.9 Å². The fourth-order valence-electron chi connectivity index (χ4n) is 3.73. The van der Waals surface area contributed by atoms with Gasteiger partial charge in [0.05, 0.1) is 11.0 Å². The van der Waals surface area contributed by atoms with Crippen molar-refractivity contribution in [3.63, 3.8) is 0 Å². The van der Waals surface area contributed by atoms with Gasteiger partial charge in [-0.2, -0.15) is 0 Å². The summed E-state index contributed by atoms with van der Waals surface area (Å²) in [6, 6.07) is 20.5. The highest BCUT2D eigenvalue weighted by atomic mass is 16.4. The lowest BCUT2D eigenvalue weighted by Gasteiger charge is -2.25. The van der Waals surface area contributed by atoms with Gasteiger partial charge < -0.3 is 15.1 Å². The molecule has 0 saturated carbocycles. The Kier molecular flexibility index (Phi) is 7.32. The first-order chi connectivity index (χ1) is 17.4. The standard InChI is InChI=1S/C28H21N3O5/c32-26(13-9-19-8-12-23-24(16-19)30-15-14-29-23)31(18-27(33)34)25(28(35)36)17-20-6-10-22(11-7-20)21-4-2-1-3-5-21/h1-8,10-12,14-16,25H,17-18H2,(H,33,34)(H,35,36). The monoisotopic (exact) mass is 479 g/mol. The van der Waals surface area contributed by atoms with E-state index in [1.165, 1.54) is 6.20 Å². The fourth-order valence-corrected chi connectivity index (χ4v) is 3.73. The van der Waals surface area contributed by atoms with Crippen LogP contribution in [-0.4, -0.2) is 55.5 Å². The molecule has 0 spiro atoms. The third-order valence-electron chi connectivity index (χ3n) is 5.50. The molecule has 0 aliphatic heterocycles. The second-order valence-electron chi connectivity index (χ2n) is 7.96. The Morgan fingerprint density at radius 1 is 0.833 bits per heavy atom. The summed E-state index contributed by atoms with van der Waals surface area (Å²) in [6.45, 7) is -0.796. The molecular formula is C28H21N3O5. The van der Waals surface area contributed by atoms with E-state index in [-0.39, 0.29) is 6.42 Å². The number of carboxylic acid groups (broad SMARTS) is 2. The molecule has 1 unspecified atom stereocenters. The SMILES string of the molecule is O=C(O)CN(C(=O)C#Cc1ccc2nccnc2c1)C(Cc1ccc(-c2ccccc2)cc1)C(=O)O. The maximum Gasteiger partial charge on any atom is 0.326 e. The number of aliphatic carboxylic acids is 2. The predicted molar refractivity (Wildman–Crippen MR) is 133 cm³/mol. The summed E-state index contributed by atoms with van der Waals surface area (Å²) in [5.41, 5.74) is 4.32. The molecule has 4 aromatic rings. The van der Waals surface area contributed by atoms with E-state index in [1.807, 2.05) is 42.5 Å². The maximum atomic E-state index is 12.9. The molecule has 1 aromatic heterocycles. The molecule has 36 heavy (non-hydrogen) atoms. The number of fused-ring (bicyclic) bond motifs is 1. The number of hydrogen-bond donors (Lipinski definition) is 2. The van der Waals surface area contributed by atoms with Crippen molar-refractivity contribution < 1.29 is 24.6 Å². The van der Waals surface area contributed by atoms with Gasteiger partial charge in [0.15, 0.2) is 0 Å². The van der Waals surface area contributed by atoms with E-state index < -0.39 is 30.4 Å². The Hall–Kier alpha value is -5.03. The van der Waals surface area contributed by atoms with Gasteiger partial charge in [0.2, 0.25) is 0 Å². The number of carbonyl (C=O) groups excluding carboxylic acids is 1. The second kappa shape index (κ2) is 10.9. The number of amides is 1. The maximum absolute atomic E-state index is 12.9. The third-order valence-corrected chi connectivity index (χ3v) is 5.50. The normalized spacial score (nSPS) is 11.2. The lowest BCUT2D eigenvalue weighted by Crippen LogP contribution is -2.48. The molecule has 0 aliphatic carbocycles. The molecule has 0 radical (unpaired) electrons. The van der Waals surface area contributed by atoms with Gasteiger partial charge in [0, 0.05) is 30.3 Å². The van der Waals surface area contributed by atoms with Crippen molar-refractivity contribution in [3.05, 3.63) is 96.3 Å². The zero-order valence-corrected chi connectivity index (χ0v) is 19.0. The van der Waals surface area contributed by atoms with Gasteiger partial charge in [0.25, 0.3) is 5.91 Å². The van der Waals surface area contributed by atoms with Gasteiger partial charge >= 0.3 is 11.9 Å². The molecule has 4 rings (SSSR count). The van der Waals surface area contributed by atoms with Gasteiger partial charge in [-0.05, 0) is 34.9 Å². The molecule has 0 fully saturated rings. The number of hydrogen-bond acceptors (Lipinski definition) is 5. The summed E-state index contributed by atoms with van der Waals surface area (Å²) in [5, 5.41) is 19.2. The Morgan fingerprint density at radius 3 is 2.17 bits per heavy atom. The second-order valence-corrected chi connectivity index (χ2v) is 7.96. The topological polar surface area (TPSA) is 121 Å². The van der Waals surface area contributed by atoms with Crippen LogP contribution in [0.2, 0.25) is 0 Å². The molecule has 0 aliphatic rings. The van der Waals surface area contributed by atoms with Crippen LogP contribution < -0.4 is 0 Å². The Bertz CT molecular complexity index is 1470. The zero-order valence-electron chi connectivity index (χ0n) is 19.0. The number of rotatable bonds is 7. The van der Waals surface area contributed by atoms with Crippen LogP contribution in [0.15, 0.2) is 85.2 Å². The number of benzene rings is 3. The first-order valence-corrected chi connectivity index (χ1v) is 11.0. The van der Waals surface area contributed by atoms with Gasteiger partial charge in [-0.1, -0.05) is 60.5 Å². The lowest BCUT2D eigenvalue weighted by molar-refractivity contribution is -0.152. The molecule has 178 valence electrons. The minimum atomic E-state index is -1.41. The zero-order chi connectivity index (χ0) is 25.5. The van der Waals surface area contributed by atoms with Crippen LogP contribution in [0.4, 0.5) is 0 Å². The van der Waals surface area contributed by atoms with Crippen molar-refractivity contribution in [2.45, 2.75) is 12.5 Å². The largest absolute Gasteiger partial charge is 0.480 e. The van der Waals surface area contributed by atoms with Crippen molar-refractivity contribution in [3.8, 4) is 23.0 Å². The van der Waals surface area contributed by atoms with E-state index in [2.05, 4.69) is 21.8 Å². The Labute approximate surface area is 206 Å². The molecule has 1 atom stereocenters. The van der Waals surface area contributed by atoms with Gasteiger partial charge in [-0.25, -0.2) is 4.79 Å². The summed E-state index contributed by atoms with van der Waals surface area (Å²) < 4.78 is 0. The quantitative estimate of drug-likeness (QED) is 0.390. The van der Waals surface area contributed by atoms with Crippen LogP contribution in [-0.2, 0) is 20.8 Å². The summed E-state index contributed by atoms with van der Waals surface area (Å²) >= 11 is 0. The van der Waals surface area contributed by atoms with Gasteiger partial charge in [-0.3, -0.25) is 19.6 Å². The number of nitrogens with zero attached hydrogens (tertiary/aromatic N) is 3. The first kappa shape index (κ1) is 24.1. The summed E-state index contributed by atoms with van der Waals surface area (Å²) in [4.78, 5) is 45.6. The van der Waals surface area contributed by atoms with Gasteiger partial charge in [-0.15, -0.1) is 0 Å². The average Bonchev–Trinajstić information content (AvgIpc) is 2.89. The third kappa shape index (κ3) is 5.90. The van der Waals surface area contributed by atoms with Crippen molar-refractivity contribution in [2.75, 3.05) is 6.54 Å². The molecule has 8 nitrogen and oxygen atoms in total. The molecule has 1 heterocycles. The van der Waals surface area contributed by atoms with E-state index >= 15 is 0 Å². The minimum absolute atomic E-state index is 0.0728. The molecule has 8 heteroatoms. The number of aromatic nitrogens is 2. The summed E-state index contributed by atoms with van der Waals surface area (Å²) in [5.74, 6) is 1.51. The minimum Gasteiger partial charge on any atom is -0.480 e. The summed E-state index contributed by atoms with van der Waals surface area (Å²) in [6.07, 6.45) is 3.02. The molecule has 3 aromatic carbocycles. The van der Waals surface area contributed by atoms with E-state index in [1.54, 1.807) is 36.5 Å². The van der Waals surface area contributed by atoms with Crippen LogP contribution in [0.25, 0.3) is 22.2 Å². The highest BCUT2D eigenvalue weighted by Gasteiger charge is 2.31. The predicted octanol–water partition coefficient (Wildman–Crippen LogP) is 3.26. The fraction of sp³-hybridized carbons (Fsp3) is 0.107. The van der Waals surface area contributed by atoms with Gasteiger partial charge in [0.1, 0.15) is 12.6 Å². The Balaban J connectivity index is 1.56. The summed E-state index contributed by atoms with van der Waals surface area (Å²) in [7, 11) is 0. The van der Waals surface area contributed by atoms with Crippen LogP contribution in [0.1, 0.15) is 11.1 Å². The number of carboxylic acids is 2. The molecule has 2 N–H and O–H groups in total. The van der Waals surface area contributed by atoms with Crippen LogP contribution in [0.3, 0.4) is 0 Å². The van der Waals surface area contributed by atoms with Crippen LogP contribution in [0, 0.1) is 11.8 Å². The molecular weight excluding hydrogens is 458 g/mol. The van der Waals surface area contributed by atoms with E-state index in [4.69, 9.17) is 0 Å². The lowest BCUT2D eigenvalue weighted by atomic mass is 10.00. The molecule has 0 saturated heterocycles. The smallest absolute Gasteiger partial charge is 0.326 e.